The Kier molecular flexibility index (Phi) is 6.60. The van der Waals surface area contributed by atoms with Gasteiger partial charge in [0.1, 0.15) is 0 Å². The summed E-state index contributed by atoms with van der Waals surface area (Å²) in [5.41, 5.74) is -0.0868. The molecule has 1 N–H and O–H groups in total. The van der Waals surface area contributed by atoms with E-state index in [1.807, 2.05) is 12.1 Å². The number of nitrogens with one attached hydrogen (secondary N) is 1. The molecule has 7 heteroatoms. The van der Waals surface area contributed by atoms with Crippen molar-refractivity contribution in [2.75, 3.05) is 11.9 Å². The second-order valence-electron chi connectivity index (χ2n) is 6.10. The summed E-state index contributed by atoms with van der Waals surface area (Å²) in [6.07, 6.45) is -3.70. The third-order valence-electron chi connectivity index (χ3n) is 4.16. The maximum Gasteiger partial charge on any atom is 0.417 e. The number of carbonyl (C=O) groups is 2. The number of halogens is 3. The molecule has 0 radical (unpaired) electrons. The SMILES string of the molecule is CC[C@H](C)c1ccc(NC(=O)COC(=O)c2ccccc2C(F)(F)F)cc1. The van der Waals surface area contributed by atoms with E-state index >= 15 is 0 Å². The molecule has 2 aromatic rings. The van der Waals surface area contributed by atoms with Crippen LogP contribution in [0.2, 0.25) is 0 Å². The van der Waals surface area contributed by atoms with Crippen molar-refractivity contribution < 1.29 is 27.5 Å². The standard InChI is InChI=1S/C20H20F3NO3/c1-3-13(2)14-8-10-15(11-9-14)24-18(25)12-27-19(26)16-6-4-5-7-17(16)20(21,22)23/h4-11,13H,3,12H2,1-2H3,(H,24,25)/t13-/m0/s1. The van der Waals surface area contributed by atoms with Gasteiger partial charge in [-0.05, 0) is 42.2 Å². The highest BCUT2D eigenvalue weighted by molar-refractivity contribution is 5.96. The summed E-state index contributed by atoms with van der Waals surface area (Å²) in [5.74, 6) is -1.45. The molecule has 1 atom stereocenters. The van der Waals surface area contributed by atoms with Gasteiger partial charge in [-0.3, -0.25) is 4.79 Å². The summed E-state index contributed by atoms with van der Waals surface area (Å²) in [5, 5.41) is 2.54. The Morgan fingerprint density at radius 2 is 1.70 bits per heavy atom. The normalized spacial score (nSPS) is 12.3. The third kappa shape index (κ3) is 5.57. The summed E-state index contributed by atoms with van der Waals surface area (Å²) in [4.78, 5) is 23.8. The predicted octanol–water partition coefficient (Wildman–Crippen LogP) is 5.01. The largest absolute Gasteiger partial charge is 0.452 e. The number of amides is 1. The first-order chi connectivity index (χ1) is 12.7. The molecular formula is C20H20F3NO3. The molecule has 2 rings (SSSR count). The number of hydrogen-bond donors (Lipinski definition) is 1. The molecule has 0 fully saturated rings. The van der Waals surface area contributed by atoms with Crippen molar-refractivity contribution in [1.29, 1.82) is 0 Å². The molecule has 1 amide bonds. The zero-order valence-electron chi connectivity index (χ0n) is 15.0. The molecule has 0 aliphatic heterocycles. The average Bonchev–Trinajstić information content (AvgIpc) is 2.65. The van der Waals surface area contributed by atoms with E-state index in [2.05, 4.69) is 19.2 Å². The lowest BCUT2D eigenvalue weighted by atomic mass is 9.99. The Bertz CT molecular complexity index is 801. The molecule has 2 aromatic carbocycles. The van der Waals surface area contributed by atoms with E-state index in [4.69, 9.17) is 4.74 Å². The van der Waals surface area contributed by atoms with Crippen molar-refractivity contribution in [2.45, 2.75) is 32.4 Å². The molecule has 0 saturated heterocycles. The lowest BCUT2D eigenvalue weighted by molar-refractivity contribution is -0.138. The highest BCUT2D eigenvalue weighted by Gasteiger charge is 2.35. The monoisotopic (exact) mass is 379 g/mol. The zero-order chi connectivity index (χ0) is 20.0. The lowest BCUT2D eigenvalue weighted by Gasteiger charge is -2.12. The summed E-state index contributed by atoms with van der Waals surface area (Å²) < 4.78 is 43.5. The van der Waals surface area contributed by atoms with Gasteiger partial charge in [-0.2, -0.15) is 13.2 Å². The van der Waals surface area contributed by atoms with Crippen LogP contribution < -0.4 is 5.32 Å². The number of alkyl halides is 3. The van der Waals surface area contributed by atoms with Gasteiger partial charge in [0.05, 0.1) is 11.1 Å². The van der Waals surface area contributed by atoms with Crippen LogP contribution in [0.15, 0.2) is 48.5 Å². The lowest BCUT2D eigenvalue weighted by Crippen LogP contribution is -2.22. The summed E-state index contributed by atoms with van der Waals surface area (Å²) in [6, 6.07) is 11.5. The Morgan fingerprint density at radius 3 is 2.30 bits per heavy atom. The minimum atomic E-state index is -4.69. The van der Waals surface area contributed by atoms with Gasteiger partial charge in [-0.15, -0.1) is 0 Å². The van der Waals surface area contributed by atoms with E-state index in [-0.39, 0.29) is 0 Å². The van der Waals surface area contributed by atoms with Crippen LogP contribution >= 0.6 is 0 Å². The number of anilines is 1. The number of esters is 1. The van der Waals surface area contributed by atoms with Crippen molar-refractivity contribution in [3.8, 4) is 0 Å². The first-order valence-corrected chi connectivity index (χ1v) is 8.45. The second-order valence-corrected chi connectivity index (χ2v) is 6.10. The van der Waals surface area contributed by atoms with Crippen LogP contribution in [0.25, 0.3) is 0 Å². The zero-order valence-corrected chi connectivity index (χ0v) is 15.0. The topological polar surface area (TPSA) is 55.4 Å². The molecule has 0 aromatic heterocycles. The van der Waals surface area contributed by atoms with E-state index in [9.17, 15) is 22.8 Å². The maximum atomic E-state index is 12.9. The van der Waals surface area contributed by atoms with Gasteiger partial charge in [0.15, 0.2) is 6.61 Å². The van der Waals surface area contributed by atoms with Crippen LogP contribution in [0.5, 0.6) is 0 Å². The molecule has 0 saturated carbocycles. The fourth-order valence-electron chi connectivity index (χ4n) is 2.44. The van der Waals surface area contributed by atoms with Gasteiger partial charge < -0.3 is 10.1 Å². The van der Waals surface area contributed by atoms with E-state index in [0.717, 1.165) is 24.1 Å². The van der Waals surface area contributed by atoms with Gasteiger partial charge in [-0.1, -0.05) is 38.1 Å². The first-order valence-electron chi connectivity index (χ1n) is 8.45. The molecule has 0 bridgehead atoms. The Morgan fingerprint density at radius 1 is 1.07 bits per heavy atom. The molecule has 27 heavy (non-hydrogen) atoms. The second kappa shape index (κ2) is 8.70. The minimum Gasteiger partial charge on any atom is -0.452 e. The van der Waals surface area contributed by atoms with Crippen molar-refractivity contribution >= 4 is 17.6 Å². The van der Waals surface area contributed by atoms with Gasteiger partial charge in [0.25, 0.3) is 5.91 Å². The molecule has 0 aliphatic rings. The number of benzene rings is 2. The Hall–Kier alpha value is -2.83. The molecule has 0 heterocycles. The first kappa shape index (κ1) is 20.5. The van der Waals surface area contributed by atoms with Gasteiger partial charge in [-0.25, -0.2) is 4.79 Å². The smallest absolute Gasteiger partial charge is 0.417 e. The van der Waals surface area contributed by atoms with E-state index in [0.29, 0.717) is 11.6 Å². The molecule has 0 unspecified atom stereocenters. The van der Waals surface area contributed by atoms with Gasteiger partial charge in [0, 0.05) is 5.69 Å². The van der Waals surface area contributed by atoms with Crippen molar-refractivity contribution in [2.24, 2.45) is 0 Å². The van der Waals surface area contributed by atoms with Crippen molar-refractivity contribution in [3.63, 3.8) is 0 Å². The summed E-state index contributed by atoms with van der Waals surface area (Å²) in [6.45, 7) is 3.48. The number of ether oxygens (including phenoxy) is 1. The Labute approximate surface area is 155 Å². The average molecular weight is 379 g/mol. The minimum absolute atomic E-state index is 0.393. The summed E-state index contributed by atoms with van der Waals surface area (Å²) in [7, 11) is 0. The predicted molar refractivity (Wildman–Crippen MR) is 95.5 cm³/mol. The molecule has 144 valence electrons. The molecule has 4 nitrogen and oxygen atoms in total. The quantitative estimate of drug-likeness (QED) is 0.718. The number of hydrogen-bond acceptors (Lipinski definition) is 3. The number of carbonyl (C=O) groups excluding carboxylic acids is 2. The van der Waals surface area contributed by atoms with E-state index in [1.165, 1.54) is 12.1 Å². The van der Waals surface area contributed by atoms with Crippen LogP contribution in [-0.2, 0) is 15.7 Å². The van der Waals surface area contributed by atoms with Crippen molar-refractivity contribution in [1.82, 2.24) is 0 Å². The highest BCUT2D eigenvalue weighted by Crippen LogP contribution is 2.32. The van der Waals surface area contributed by atoms with Crippen LogP contribution in [0, 0.1) is 0 Å². The van der Waals surface area contributed by atoms with Crippen LogP contribution in [0.4, 0.5) is 18.9 Å². The van der Waals surface area contributed by atoms with Crippen molar-refractivity contribution in [3.05, 3.63) is 65.2 Å². The van der Waals surface area contributed by atoms with Crippen LogP contribution in [-0.4, -0.2) is 18.5 Å². The van der Waals surface area contributed by atoms with Crippen LogP contribution in [0.3, 0.4) is 0 Å². The maximum absolute atomic E-state index is 12.9. The fourth-order valence-corrected chi connectivity index (χ4v) is 2.44. The summed E-state index contributed by atoms with van der Waals surface area (Å²) >= 11 is 0. The Balaban J connectivity index is 1.95. The fraction of sp³-hybridized carbons (Fsp3) is 0.300. The van der Waals surface area contributed by atoms with Gasteiger partial charge in [0.2, 0.25) is 0 Å². The molecule has 0 spiro atoms. The van der Waals surface area contributed by atoms with E-state index in [1.54, 1.807) is 12.1 Å². The van der Waals surface area contributed by atoms with Gasteiger partial charge >= 0.3 is 12.1 Å². The van der Waals surface area contributed by atoms with Crippen LogP contribution in [0.1, 0.15) is 47.7 Å². The third-order valence-corrected chi connectivity index (χ3v) is 4.16. The van der Waals surface area contributed by atoms with E-state index < -0.39 is 35.8 Å². The highest BCUT2D eigenvalue weighted by atomic mass is 19.4. The number of rotatable bonds is 6. The molecular weight excluding hydrogens is 359 g/mol. The molecule has 0 aliphatic carbocycles.